The summed E-state index contributed by atoms with van der Waals surface area (Å²) >= 11 is 0. The fourth-order valence-corrected chi connectivity index (χ4v) is 5.38. The van der Waals surface area contributed by atoms with Gasteiger partial charge in [0.25, 0.3) is 0 Å². The Morgan fingerprint density at radius 1 is 1.14 bits per heavy atom. The lowest BCUT2D eigenvalue weighted by atomic mass is 9.89. The van der Waals surface area contributed by atoms with E-state index in [4.69, 9.17) is 14.2 Å². The average Bonchev–Trinajstić information content (AvgIpc) is 3.40. The van der Waals surface area contributed by atoms with Crippen molar-refractivity contribution in [1.29, 1.82) is 0 Å². The molecule has 43 heavy (non-hydrogen) atoms. The smallest absolute Gasteiger partial charge is 0.410 e. The van der Waals surface area contributed by atoms with E-state index in [1.165, 1.54) is 4.90 Å². The Labute approximate surface area is 256 Å². The molecule has 0 bridgehead atoms. The number of aliphatic hydroxyl groups excluding tert-OH is 1. The quantitative estimate of drug-likeness (QED) is 0.202. The maximum absolute atomic E-state index is 13.0. The van der Waals surface area contributed by atoms with Gasteiger partial charge in [-0.25, -0.2) is 9.59 Å². The highest BCUT2D eigenvalue weighted by Crippen LogP contribution is 2.27. The summed E-state index contributed by atoms with van der Waals surface area (Å²) in [5, 5.41) is 20.9. The Morgan fingerprint density at radius 3 is 2.53 bits per heavy atom. The number of cyclic esters (lactones) is 1. The lowest BCUT2D eigenvalue weighted by Crippen LogP contribution is -2.50. The fourth-order valence-electron chi connectivity index (χ4n) is 5.38. The second kappa shape index (κ2) is 16.3. The van der Waals surface area contributed by atoms with Crippen LogP contribution in [0.1, 0.15) is 59.8 Å². The van der Waals surface area contributed by atoms with Crippen LogP contribution in [0, 0.1) is 11.8 Å². The zero-order valence-electron chi connectivity index (χ0n) is 26.4. The topological polar surface area (TPSA) is 129 Å². The molecule has 0 aromatic rings. The summed E-state index contributed by atoms with van der Waals surface area (Å²) in [5.41, 5.74) is -0.467. The van der Waals surface area contributed by atoms with E-state index in [1.807, 2.05) is 52.1 Å². The number of β-amino-alcohol motifs (C(OH)–C–C–N with tert-alkyl or cyclic N) is 1. The molecule has 0 unspecified atom stereocenters. The van der Waals surface area contributed by atoms with Gasteiger partial charge in [-0.15, -0.1) is 0 Å². The number of likely N-dealkylation sites (tertiary alicyclic amines) is 1. The Kier molecular flexibility index (Phi) is 13.1. The van der Waals surface area contributed by atoms with Crippen molar-refractivity contribution in [2.45, 2.75) is 83.7 Å². The van der Waals surface area contributed by atoms with E-state index in [-0.39, 0.29) is 30.8 Å². The lowest BCUT2D eigenvalue weighted by molar-refractivity contribution is -0.149. The predicted molar refractivity (Wildman–Crippen MR) is 162 cm³/mol. The summed E-state index contributed by atoms with van der Waals surface area (Å²) in [6, 6.07) is 0. The van der Waals surface area contributed by atoms with Gasteiger partial charge in [0.2, 0.25) is 0 Å². The minimum Gasteiger partial charge on any atom is -0.457 e. The lowest BCUT2D eigenvalue weighted by Gasteiger charge is -2.36. The molecule has 3 heterocycles. The fraction of sp³-hybridized carbons (Fsp3) is 0.719. The number of hydrogen-bond donors (Lipinski definition) is 2. The number of nitrogens with zero attached hydrogens (tertiary/aromatic N) is 3. The Balaban J connectivity index is 1.66. The van der Waals surface area contributed by atoms with Crippen LogP contribution in [-0.4, -0.2) is 120 Å². The maximum atomic E-state index is 13.0. The van der Waals surface area contributed by atoms with Crippen LogP contribution in [0.3, 0.4) is 0 Å². The van der Waals surface area contributed by atoms with Gasteiger partial charge in [0.15, 0.2) is 6.10 Å². The molecular weight excluding hydrogens is 554 g/mol. The van der Waals surface area contributed by atoms with Gasteiger partial charge in [0.05, 0.1) is 12.7 Å². The molecule has 0 aliphatic carbocycles. The van der Waals surface area contributed by atoms with Gasteiger partial charge in [-0.2, -0.15) is 0 Å². The molecule has 11 nitrogen and oxygen atoms in total. The standard InChI is InChI=1S/C32H51N3O8/c1-23(22-41-30(38)35-16-14-26(36)21-35)9-8-10-24(2)29-25(3)12-13-27(32(4,40)15-7-6-11-28(37)43-29)42-31(39)34-19-17-33(5)18-20-34/h8-10,12-13,23,25-27,29,36,40H,6-7,11,14-22H2,1-5H3/b9-8+,13-12+,24-10+/t23-,25+,26-,27-,29-,32+/m1/s1. The summed E-state index contributed by atoms with van der Waals surface area (Å²) in [7, 11) is 2.01. The molecule has 2 amide bonds. The molecule has 6 atom stereocenters. The van der Waals surface area contributed by atoms with Crippen molar-refractivity contribution in [3.8, 4) is 0 Å². The number of piperazine rings is 1. The molecule has 11 heteroatoms. The summed E-state index contributed by atoms with van der Waals surface area (Å²) in [5.74, 6) is -0.606. The molecule has 0 spiro atoms. The molecule has 0 aromatic heterocycles. The van der Waals surface area contributed by atoms with Gasteiger partial charge in [0, 0.05) is 57.5 Å². The van der Waals surface area contributed by atoms with Crippen LogP contribution >= 0.6 is 0 Å². The minimum absolute atomic E-state index is 0.0466. The number of carbonyl (C=O) groups excluding carboxylic acids is 3. The normalized spacial score (nSPS) is 31.6. The van der Waals surface area contributed by atoms with Gasteiger partial charge in [-0.1, -0.05) is 38.2 Å². The molecule has 242 valence electrons. The zero-order chi connectivity index (χ0) is 31.6. The van der Waals surface area contributed by atoms with E-state index < -0.39 is 36.1 Å². The van der Waals surface area contributed by atoms with Gasteiger partial charge in [-0.05, 0) is 58.2 Å². The number of amides is 2. The molecule has 3 aliphatic heterocycles. The number of likely N-dealkylation sites (N-methyl/N-ethyl adjacent to an activating group) is 1. The molecule has 0 radical (unpaired) electrons. The van der Waals surface area contributed by atoms with E-state index >= 15 is 0 Å². The van der Waals surface area contributed by atoms with Crippen molar-refractivity contribution in [3.05, 3.63) is 36.0 Å². The van der Waals surface area contributed by atoms with Crippen LogP contribution in [0.4, 0.5) is 9.59 Å². The molecule has 3 rings (SSSR count). The maximum Gasteiger partial charge on any atom is 0.410 e. The molecule has 0 aromatic carbocycles. The zero-order valence-corrected chi connectivity index (χ0v) is 26.4. The first-order valence-corrected chi connectivity index (χ1v) is 15.5. The first-order valence-electron chi connectivity index (χ1n) is 15.5. The molecular formula is C32H51N3O8. The van der Waals surface area contributed by atoms with Crippen molar-refractivity contribution in [1.82, 2.24) is 14.7 Å². The highest BCUT2D eigenvalue weighted by atomic mass is 16.6. The van der Waals surface area contributed by atoms with Crippen LogP contribution in [0.2, 0.25) is 0 Å². The van der Waals surface area contributed by atoms with Crippen molar-refractivity contribution in [2.75, 3.05) is 52.9 Å². The van der Waals surface area contributed by atoms with Crippen LogP contribution in [0.5, 0.6) is 0 Å². The molecule has 2 N–H and O–H groups in total. The Hall–Kier alpha value is -2.89. The summed E-state index contributed by atoms with van der Waals surface area (Å²) < 4.78 is 17.1. The van der Waals surface area contributed by atoms with Crippen molar-refractivity contribution in [3.63, 3.8) is 0 Å². The SMILES string of the molecule is C/C(=C\C=C\[C@@H](C)COC(=O)N1CC[C@@H](O)C1)[C@H]1OC(=O)CCCC[C@](C)(O)[C@H](OC(=O)N2CCN(C)CC2)/C=C/[C@@H]1C. The van der Waals surface area contributed by atoms with Crippen LogP contribution in [-0.2, 0) is 19.0 Å². The monoisotopic (exact) mass is 605 g/mol. The molecule has 2 saturated heterocycles. The minimum atomic E-state index is -1.29. The van der Waals surface area contributed by atoms with E-state index in [9.17, 15) is 24.6 Å². The number of ether oxygens (including phenoxy) is 3. The number of esters is 1. The van der Waals surface area contributed by atoms with Crippen LogP contribution in [0.25, 0.3) is 0 Å². The average molecular weight is 606 g/mol. The number of allylic oxidation sites excluding steroid dienone is 2. The summed E-state index contributed by atoms with van der Waals surface area (Å²) in [4.78, 5) is 43.2. The first-order chi connectivity index (χ1) is 20.4. The van der Waals surface area contributed by atoms with E-state index in [2.05, 4.69) is 4.90 Å². The van der Waals surface area contributed by atoms with Crippen molar-refractivity contribution < 1.29 is 38.8 Å². The third-order valence-corrected chi connectivity index (χ3v) is 8.38. The largest absolute Gasteiger partial charge is 0.457 e. The number of carbonyl (C=O) groups is 3. The number of rotatable bonds is 6. The second-order valence-corrected chi connectivity index (χ2v) is 12.6. The predicted octanol–water partition coefficient (Wildman–Crippen LogP) is 3.51. The number of aliphatic hydroxyl groups is 2. The second-order valence-electron chi connectivity index (χ2n) is 12.6. The number of hydrogen-bond acceptors (Lipinski definition) is 9. The summed E-state index contributed by atoms with van der Waals surface area (Å²) in [6.07, 6.45) is 8.76. The highest BCUT2D eigenvalue weighted by molar-refractivity contribution is 5.70. The van der Waals surface area contributed by atoms with Gasteiger partial charge >= 0.3 is 18.2 Å². The van der Waals surface area contributed by atoms with Crippen molar-refractivity contribution >= 4 is 18.2 Å². The van der Waals surface area contributed by atoms with Crippen LogP contribution in [0.15, 0.2) is 36.0 Å². The first kappa shape index (κ1) is 34.6. The third-order valence-electron chi connectivity index (χ3n) is 8.38. The van der Waals surface area contributed by atoms with E-state index in [0.717, 1.165) is 18.7 Å². The van der Waals surface area contributed by atoms with Crippen LogP contribution < -0.4 is 0 Å². The van der Waals surface area contributed by atoms with E-state index in [1.54, 1.807) is 17.9 Å². The van der Waals surface area contributed by atoms with E-state index in [0.29, 0.717) is 51.9 Å². The molecule has 3 aliphatic rings. The molecule has 2 fully saturated rings. The third kappa shape index (κ3) is 11.0. The molecule has 0 saturated carbocycles. The van der Waals surface area contributed by atoms with Gasteiger partial charge in [-0.3, -0.25) is 4.79 Å². The Morgan fingerprint density at radius 2 is 1.86 bits per heavy atom. The Bertz CT molecular complexity index is 1030. The summed E-state index contributed by atoms with van der Waals surface area (Å²) in [6.45, 7) is 11.1. The van der Waals surface area contributed by atoms with Crippen molar-refractivity contribution in [2.24, 2.45) is 11.8 Å². The van der Waals surface area contributed by atoms with Gasteiger partial charge < -0.3 is 39.1 Å². The van der Waals surface area contributed by atoms with Gasteiger partial charge in [0.1, 0.15) is 11.7 Å². The highest BCUT2D eigenvalue weighted by Gasteiger charge is 2.35.